The van der Waals surface area contributed by atoms with Crippen molar-refractivity contribution in [1.82, 2.24) is 0 Å². The standard InChI is InChI=1S/C23H21NS/c1-17-10-14-20(15-11-17)25-24-16-23-21-8-4-2-6-18(21)12-13-19-7-3-5-9-22(19)23/h2-11,14-16,23H,12-13H2,1H3/b24-16+. The molecule has 124 valence electrons. The first-order chi connectivity index (χ1) is 12.3. The maximum Gasteiger partial charge on any atom is 0.0455 e. The van der Waals surface area contributed by atoms with Gasteiger partial charge in [-0.3, -0.25) is 0 Å². The van der Waals surface area contributed by atoms with Crippen LogP contribution in [-0.4, -0.2) is 6.21 Å². The molecule has 0 radical (unpaired) electrons. The van der Waals surface area contributed by atoms with Crippen molar-refractivity contribution in [2.24, 2.45) is 4.40 Å². The molecule has 0 fully saturated rings. The van der Waals surface area contributed by atoms with Gasteiger partial charge in [-0.05, 0) is 54.2 Å². The average molecular weight is 343 g/mol. The number of hydrogen-bond acceptors (Lipinski definition) is 2. The van der Waals surface area contributed by atoms with Crippen molar-refractivity contribution in [1.29, 1.82) is 0 Å². The average Bonchev–Trinajstić information content (AvgIpc) is 2.81. The van der Waals surface area contributed by atoms with Crippen LogP contribution in [0.1, 0.15) is 33.7 Å². The van der Waals surface area contributed by atoms with E-state index in [9.17, 15) is 0 Å². The number of rotatable bonds is 3. The molecular formula is C23H21NS. The molecule has 0 bridgehead atoms. The van der Waals surface area contributed by atoms with Crippen molar-refractivity contribution in [3.63, 3.8) is 0 Å². The smallest absolute Gasteiger partial charge is 0.0455 e. The summed E-state index contributed by atoms with van der Waals surface area (Å²) < 4.78 is 4.73. The van der Waals surface area contributed by atoms with E-state index in [0.717, 1.165) is 12.8 Å². The molecule has 1 aliphatic carbocycles. The second-order valence-electron chi connectivity index (χ2n) is 6.53. The van der Waals surface area contributed by atoms with Crippen LogP contribution in [0.2, 0.25) is 0 Å². The summed E-state index contributed by atoms with van der Waals surface area (Å²) in [6.45, 7) is 2.11. The largest absolute Gasteiger partial charge is 0.223 e. The van der Waals surface area contributed by atoms with Gasteiger partial charge in [-0.1, -0.05) is 66.2 Å². The zero-order chi connectivity index (χ0) is 17.1. The molecule has 4 rings (SSSR count). The van der Waals surface area contributed by atoms with E-state index >= 15 is 0 Å². The molecule has 0 spiro atoms. The number of hydrogen-bond donors (Lipinski definition) is 0. The molecule has 25 heavy (non-hydrogen) atoms. The number of aryl methyl sites for hydroxylation is 3. The monoisotopic (exact) mass is 343 g/mol. The van der Waals surface area contributed by atoms with E-state index in [1.54, 1.807) is 11.9 Å². The topological polar surface area (TPSA) is 12.4 Å². The molecule has 0 heterocycles. The third-order valence-electron chi connectivity index (χ3n) is 4.83. The Labute approximate surface area is 154 Å². The summed E-state index contributed by atoms with van der Waals surface area (Å²) in [5.74, 6) is 0.229. The summed E-state index contributed by atoms with van der Waals surface area (Å²) in [7, 11) is 0. The Kier molecular flexibility index (Phi) is 4.71. The SMILES string of the molecule is Cc1ccc(S/N=C/C2c3ccccc3CCc3ccccc32)cc1. The van der Waals surface area contributed by atoms with Crippen LogP contribution in [0.4, 0.5) is 0 Å². The van der Waals surface area contributed by atoms with Crippen LogP contribution >= 0.6 is 11.9 Å². The molecule has 1 nitrogen and oxygen atoms in total. The van der Waals surface area contributed by atoms with Gasteiger partial charge < -0.3 is 0 Å². The summed E-state index contributed by atoms with van der Waals surface area (Å²) >= 11 is 1.55. The predicted octanol–water partition coefficient (Wildman–Crippen LogP) is 6.00. The zero-order valence-electron chi connectivity index (χ0n) is 14.4. The normalized spacial score (nSPS) is 14.1. The Morgan fingerprint density at radius 2 is 1.36 bits per heavy atom. The Morgan fingerprint density at radius 3 is 1.96 bits per heavy atom. The summed E-state index contributed by atoms with van der Waals surface area (Å²) in [5.41, 5.74) is 6.94. The lowest BCUT2D eigenvalue weighted by Gasteiger charge is -2.15. The van der Waals surface area contributed by atoms with Gasteiger partial charge in [0.1, 0.15) is 0 Å². The Bertz CT molecular complexity index is 848. The summed E-state index contributed by atoms with van der Waals surface area (Å²) in [6.07, 6.45) is 4.32. The van der Waals surface area contributed by atoms with Gasteiger partial charge >= 0.3 is 0 Å². The van der Waals surface area contributed by atoms with E-state index in [-0.39, 0.29) is 5.92 Å². The highest BCUT2D eigenvalue weighted by Crippen LogP contribution is 2.33. The minimum absolute atomic E-state index is 0.229. The Hall–Kier alpha value is -2.32. The van der Waals surface area contributed by atoms with E-state index in [0.29, 0.717) is 0 Å². The van der Waals surface area contributed by atoms with E-state index in [1.165, 1.54) is 32.7 Å². The summed E-state index contributed by atoms with van der Waals surface area (Å²) in [6, 6.07) is 26.1. The first kappa shape index (κ1) is 16.2. The van der Waals surface area contributed by atoms with E-state index in [4.69, 9.17) is 4.40 Å². The van der Waals surface area contributed by atoms with Crippen LogP contribution in [-0.2, 0) is 12.8 Å². The lowest BCUT2D eigenvalue weighted by Crippen LogP contribution is -2.04. The van der Waals surface area contributed by atoms with Gasteiger partial charge in [0.25, 0.3) is 0 Å². The van der Waals surface area contributed by atoms with Gasteiger partial charge in [0.15, 0.2) is 0 Å². The van der Waals surface area contributed by atoms with Gasteiger partial charge in [0.05, 0.1) is 0 Å². The minimum atomic E-state index is 0.229. The van der Waals surface area contributed by atoms with Crippen LogP contribution in [0.25, 0.3) is 0 Å². The van der Waals surface area contributed by atoms with E-state index in [2.05, 4.69) is 85.9 Å². The molecule has 2 heteroatoms. The van der Waals surface area contributed by atoms with Crippen LogP contribution in [0.3, 0.4) is 0 Å². The third kappa shape index (κ3) is 3.54. The van der Waals surface area contributed by atoms with Gasteiger partial charge in [0, 0.05) is 29.0 Å². The molecule has 0 saturated carbocycles. The maximum atomic E-state index is 4.73. The van der Waals surface area contributed by atoms with Crippen LogP contribution in [0.5, 0.6) is 0 Å². The van der Waals surface area contributed by atoms with Crippen molar-refractivity contribution < 1.29 is 0 Å². The highest BCUT2D eigenvalue weighted by Gasteiger charge is 2.21. The lowest BCUT2D eigenvalue weighted by molar-refractivity contribution is 0.965. The van der Waals surface area contributed by atoms with Crippen molar-refractivity contribution >= 4 is 18.2 Å². The second kappa shape index (κ2) is 7.28. The number of benzene rings is 3. The molecule has 3 aromatic carbocycles. The zero-order valence-corrected chi connectivity index (χ0v) is 15.2. The number of nitrogens with zero attached hydrogens (tertiary/aromatic N) is 1. The fourth-order valence-electron chi connectivity index (χ4n) is 3.48. The van der Waals surface area contributed by atoms with Gasteiger partial charge in [0.2, 0.25) is 0 Å². The van der Waals surface area contributed by atoms with Crippen molar-refractivity contribution in [3.8, 4) is 0 Å². The number of fused-ring (bicyclic) bond motifs is 2. The van der Waals surface area contributed by atoms with Crippen LogP contribution in [0, 0.1) is 6.92 Å². The minimum Gasteiger partial charge on any atom is -0.223 e. The molecular weight excluding hydrogens is 322 g/mol. The molecule has 0 saturated heterocycles. The predicted molar refractivity (Wildman–Crippen MR) is 108 cm³/mol. The molecule has 0 unspecified atom stereocenters. The molecule has 0 N–H and O–H groups in total. The fourth-order valence-corrected chi connectivity index (χ4v) is 4.04. The fraction of sp³-hybridized carbons (Fsp3) is 0.174. The molecule has 0 amide bonds. The first-order valence-electron chi connectivity index (χ1n) is 8.74. The molecule has 0 aromatic heterocycles. The van der Waals surface area contributed by atoms with Crippen molar-refractivity contribution in [2.75, 3.05) is 0 Å². The van der Waals surface area contributed by atoms with Gasteiger partial charge in [-0.2, -0.15) is 0 Å². The van der Waals surface area contributed by atoms with Crippen molar-refractivity contribution in [2.45, 2.75) is 30.6 Å². The van der Waals surface area contributed by atoms with E-state index < -0.39 is 0 Å². The summed E-state index contributed by atoms with van der Waals surface area (Å²) in [5, 5.41) is 0. The molecule has 0 aliphatic heterocycles. The molecule has 1 aliphatic rings. The van der Waals surface area contributed by atoms with Crippen LogP contribution in [0.15, 0.2) is 82.1 Å². The maximum absolute atomic E-state index is 4.73. The third-order valence-corrected chi connectivity index (χ3v) is 5.54. The lowest BCUT2D eigenvalue weighted by atomic mass is 9.89. The highest BCUT2D eigenvalue weighted by atomic mass is 32.2. The Morgan fingerprint density at radius 1 is 0.800 bits per heavy atom. The second-order valence-corrected chi connectivity index (χ2v) is 7.40. The molecule has 3 aromatic rings. The Balaban J connectivity index is 1.67. The summed E-state index contributed by atoms with van der Waals surface area (Å²) in [4.78, 5) is 1.18. The highest BCUT2D eigenvalue weighted by molar-refractivity contribution is 7.98. The van der Waals surface area contributed by atoms with Crippen LogP contribution < -0.4 is 0 Å². The van der Waals surface area contributed by atoms with E-state index in [1.807, 2.05) is 0 Å². The quantitative estimate of drug-likeness (QED) is 0.419. The molecule has 0 atom stereocenters. The van der Waals surface area contributed by atoms with Gasteiger partial charge in [-0.25, -0.2) is 4.40 Å². The van der Waals surface area contributed by atoms with Crippen molar-refractivity contribution in [3.05, 3.63) is 101 Å². The first-order valence-corrected chi connectivity index (χ1v) is 9.51. The van der Waals surface area contributed by atoms with Gasteiger partial charge in [-0.15, -0.1) is 0 Å².